The first-order chi connectivity index (χ1) is 8.67. The lowest BCUT2D eigenvalue weighted by atomic mass is 10.1. The molecule has 2 nitrogen and oxygen atoms in total. The van der Waals surface area contributed by atoms with E-state index < -0.39 is 0 Å². The molecule has 3 heteroatoms. The number of benzene rings is 1. The molecule has 0 fully saturated rings. The number of rotatable bonds is 8. The Morgan fingerprint density at radius 2 is 2.11 bits per heavy atom. The molecule has 18 heavy (non-hydrogen) atoms. The van der Waals surface area contributed by atoms with Gasteiger partial charge in [-0.25, -0.2) is 4.39 Å². The average molecular weight is 253 g/mol. The third-order valence-corrected chi connectivity index (χ3v) is 3.03. The monoisotopic (exact) mass is 253 g/mol. The van der Waals surface area contributed by atoms with Gasteiger partial charge < -0.3 is 10.1 Å². The molecule has 0 spiro atoms. The molecular formula is C15H24FNO. The van der Waals surface area contributed by atoms with Crippen molar-refractivity contribution in [3.8, 4) is 5.75 Å². The summed E-state index contributed by atoms with van der Waals surface area (Å²) < 4.78 is 18.9. The third kappa shape index (κ3) is 5.05. The second kappa shape index (κ2) is 8.09. The van der Waals surface area contributed by atoms with Crippen molar-refractivity contribution in [3.63, 3.8) is 0 Å². The number of aryl methyl sites for hydroxylation is 1. The summed E-state index contributed by atoms with van der Waals surface area (Å²) >= 11 is 0. The summed E-state index contributed by atoms with van der Waals surface area (Å²) in [6.45, 7) is 7.79. The molecule has 1 rings (SSSR count). The molecule has 0 amide bonds. The fourth-order valence-electron chi connectivity index (χ4n) is 1.97. The third-order valence-electron chi connectivity index (χ3n) is 3.03. The van der Waals surface area contributed by atoms with Gasteiger partial charge in [-0.2, -0.15) is 0 Å². The van der Waals surface area contributed by atoms with Crippen molar-refractivity contribution in [2.24, 2.45) is 0 Å². The summed E-state index contributed by atoms with van der Waals surface area (Å²) in [5.74, 6) is 0.0887. The molecule has 0 aliphatic carbocycles. The SMILES string of the molecule is CCNC(CC)CCCOc1cc(C)ccc1F. The van der Waals surface area contributed by atoms with Crippen LogP contribution in [0, 0.1) is 12.7 Å². The molecule has 0 heterocycles. The summed E-state index contributed by atoms with van der Waals surface area (Å²) in [7, 11) is 0. The van der Waals surface area contributed by atoms with Crippen LogP contribution in [0.4, 0.5) is 4.39 Å². The Morgan fingerprint density at radius 1 is 1.33 bits per heavy atom. The van der Waals surface area contributed by atoms with Gasteiger partial charge in [0, 0.05) is 6.04 Å². The molecular weight excluding hydrogens is 229 g/mol. The number of halogens is 1. The molecule has 1 unspecified atom stereocenters. The zero-order valence-electron chi connectivity index (χ0n) is 11.6. The highest BCUT2D eigenvalue weighted by atomic mass is 19.1. The lowest BCUT2D eigenvalue weighted by Crippen LogP contribution is -2.28. The van der Waals surface area contributed by atoms with Crippen LogP contribution in [0.25, 0.3) is 0 Å². The van der Waals surface area contributed by atoms with Crippen LogP contribution >= 0.6 is 0 Å². The summed E-state index contributed by atoms with van der Waals surface area (Å²) in [5.41, 5.74) is 1.02. The molecule has 1 aromatic carbocycles. The minimum atomic E-state index is -0.278. The molecule has 0 saturated heterocycles. The Morgan fingerprint density at radius 3 is 2.78 bits per heavy atom. The van der Waals surface area contributed by atoms with Gasteiger partial charge in [0.05, 0.1) is 6.61 Å². The fourth-order valence-corrected chi connectivity index (χ4v) is 1.97. The van der Waals surface area contributed by atoms with Crippen LogP contribution in [0.5, 0.6) is 5.75 Å². The molecule has 0 radical (unpaired) electrons. The predicted octanol–water partition coefficient (Wildman–Crippen LogP) is 3.68. The van der Waals surface area contributed by atoms with E-state index in [1.54, 1.807) is 12.1 Å². The first kappa shape index (κ1) is 15.0. The molecule has 1 aromatic rings. The lowest BCUT2D eigenvalue weighted by Gasteiger charge is -2.15. The first-order valence-electron chi connectivity index (χ1n) is 6.79. The van der Waals surface area contributed by atoms with Crippen LogP contribution in [-0.2, 0) is 0 Å². The molecule has 0 aliphatic rings. The van der Waals surface area contributed by atoms with Gasteiger partial charge in [-0.1, -0.05) is 19.9 Å². The van der Waals surface area contributed by atoms with Crippen molar-refractivity contribution in [2.45, 2.75) is 46.1 Å². The lowest BCUT2D eigenvalue weighted by molar-refractivity contribution is 0.282. The van der Waals surface area contributed by atoms with Crippen molar-refractivity contribution in [1.29, 1.82) is 0 Å². The maximum atomic E-state index is 13.4. The van der Waals surface area contributed by atoms with Crippen LogP contribution < -0.4 is 10.1 Å². The van der Waals surface area contributed by atoms with Crippen molar-refractivity contribution >= 4 is 0 Å². The maximum absolute atomic E-state index is 13.4. The van der Waals surface area contributed by atoms with Gasteiger partial charge in [0.15, 0.2) is 11.6 Å². The van der Waals surface area contributed by atoms with Crippen molar-refractivity contribution < 1.29 is 9.13 Å². The van der Waals surface area contributed by atoms with Gasteiger partial charge in [-0.3, -0.25) is 0 Å². The second-order valence-electron chi connectivity index (χ2n) is 4.59. The van der Waals surface area contributed by atoms with Gasteiger partial charge >= 0.3 is 0 Å². The van der Waals surface area contributed by atoms with E-state index >= 15 is 0 Å². The number of nitrogens with one attached hydrogen (secondary N) is 1. The second-order valence-corrected chi connectivity index (χ2v) is 4.59. The molecule has 0 aliphatic heterocycles. The Balaban J connectivity index is 2.31. The number of ether oxygens (including phenoxy) is 1. The van der Waals surface area contributed by atoms with Crippen molar-refractivity contribution in [1.82, 2.24) is 5.32 Å². The van der Waals surface area contributed by atoms with Gasteiger partial charge in [-0.15, -0.1) is 0 Å². The topological polar surface area (TPSA) is 21.3 Å². The zero-order valence-corrected chi connectivity index (χ0v) is 11.6. The van der Waals surface area contributed by atoms with Crippen LogP contribution in [0.1, 0.15) is 38.7 Å². The van der Waals surface area contributed by atoms with Crippen LogP contribution in [0.2, 0.25) is 0 Å². The van der Waals surface area contributed by atoms with Crippen LogP contribution in [0.3, 0.4) is 0 Å². The first-order valence-corrected chi connectivity index (χ1v) is 6.79. The van der Waals surface area contributed by atoms with E-state index in [0.29, 0.717) is 18.4 Å². The molecule has 0 aromatic heterocycles. The van der Waals surface area contributed by atoms with Crippen LogP contribution in [0.15, 0.2) is 18.2 Å². The minimum absolute atomic E-state index is 0.278. The average Bonchev–Trinajstić information content (AvgIpc) is 2.37. The van der Waals surface area contributed by atoms with Crippen molar-refractivity contribution in [2.75, 3.05) is 13.2 Å². The highest BCUT2D eigenvalue weighted by Gasteiger charge is 2.06. The van der Waals surface area contributed by atoms with Crippen molar-refractivity contribution in [3.05, 3.63) is 29.6 Å². The molecule has 0 bridgehead atoms. The maximum Gasteiger partial charge on any atom is 0.165 e. The Hall–Kier alpha value is -1.09. The standard InChI is InChI=1S/C15H24FNO/c1-4-13(17-5-2)7-6-10-18-15-11-12(3)8-9-14(15)16/h8-9,11,13,17H,4-7,10H2,1-3H3. The van der Waals surface area contributed by atoms with E-state index in [0.717, 1.165) is 31.4 Å². The molecule has 1 atom stereocenters. The predicted molar refractivity (Wildman–Crippen MR) is 73.6 cm³/mol. The van der Waals surface area contributed by atoms with Crippen LogP contribution in [-0.4, -0.2) is 19.2 Å². The van der Waals surface area contributed by atoms with E-state index in [1.807, 2.05) is 6.92 Å². The highest BCUT2D eigenvalue weighted by molar-refractivity contribution is 5.29. The molecule has 0 saturated carbocycles. The largest absolute Gasteiger partial charge is 0.491 e. The van der Waals surface area contributed by atoms with Gasteiger partial charge in [-0.05, 0) is 50.4 Å². The Labute approximate surface area is 110 Å². The van der Waals surface area contributed by atoms with E-state index in [1.165, 1.54) is 6.07 Å². The molecule has 102 valence electrons. The smallest absolute Gasteiger partial charge is 0.165 e. The number of hydrogen-bond donors (Lipinski definition) is 1. The Bertz CT molecular complexity index is 354. The quantitative estimate of drug-likeness (QED) is 0.714. The summed E-state index contributed by atoms with van der Waals surface area (Å²) in [6.07, 6.45) is 3.13. The summed E-state index contributed by atoms with van der Waals surface area (Å²) in [6, 6.07) is 5.50. The zero-order chi connectivity index (χ0) is 13.4. The van der Waals surface area contributed by atoms with E-state index in [2.05, 4.69) is 19.2 Å². The van der Waals surface area contributed by atoms with Gasteiger partial charge in [0.2, 0.25) is 0 Å². The van der Waals surface area contributed by atoms with Gasteiger partial charge in [0.25, 0.3) is 0 Å². The molecule has 1 N–H and O–H groups in total. The van der Waals surface area contributed by atoms with Gasteiger partial charge in [0.1, 0.15) is 0 Å². The summed E-state index contributed by atoms with van der Waals surface area (Å²) in [4.78, 5) is 0. The van der Waals surface area contributed by atoms with E-state index in [-0.39, 0.29) is 5.82 Å². The number of hydrogen-bond acceptors (Lipinski definition) is 2. The fraction of sp³-hybridized carbons (Fsp3) is 0.600. The highest BCUT2D eigenvalue weighted by Crippen LogP contribution is 2.18. The summed E-state index contributed by atoms with van der Waals surface area (Å²) in [5, 5.41) is 3.42. The normalized spacial score (nSPS) is 12.4. The van der Waals surface area contributed by atoms with E-state index in [4.69, 9.17) is 4.74 Å². The minimum Gasteiger partial charge on any atom is -0.491 e. The Kier molecular flexibility index (Phi) is 6.73. The van der Waals surface area contributed by atoms with E-state index in [9.17, 15) is 4.39 Å².